The molecular weight excluding hydrogens is 445 g/mol. The molecule has 0 radical (unpaired) electrons. The Morgan fingerprint density at radius 1 is 1.20 bits per heavy atom. The Bertz CT molecular complexity index is 838. The molecule has 1 unspecified atom stereocenters. The van der Waals surface area contributed by atoms with Crippen LogP contribution in [-0.4, -0.2) is 36.3 Å². The topological polar surface area (TPSA) is 72.8 Å². The van der Waals surface area contributed by atoms with Crippen LogP contribution in [0.4, 0.5) is 13.2 Å². The Hall–Kier alpha value is -2.19. The van der Waals surface area contributed by atoms with Crippen molar-refractivity contribution < 1.29 is 37.3 Å². The number of carbonyl (C=O) groups excluding carboxylic acids is 2. The average molecular weight is 465 g/mol. The highest BCUT2D eigenvalue weighted by molar-refractivity contribution is 7.99. The SMILES string of the molecule is CCOC(COc1ccc(C(F)(F)F)cc1)CSc1cc(C)c(O)cc1Cl.O=C=O. The molecule has 30 heavy (non-hydrogen) atoms. The van der Waals surface area contributed by atoms with E-state index in [1.54, 1.807) is 13.0 Å². The van der Waals surface area contributed by atoms with E-state index in [0.29, 0.717) is 23.1 Å². The lowest BCUT2D eigenvalue weighted by atomic mass is 10.2. The van der Waals surface area contributed by atoms with E-state index in [1.165, 1.54) is 30.0 Å². The number of rotatable bonds is 8. The highest BCUT2D eigenvalue weighted by Gasteiger charge is 2.30. The number of alkyl halides is 3. The fourth-order valence-electron chi connectivity index (χ4n) is 2.25. The second kappa shape index (κ2) is 12.5. The maximum absolute atomic E-state index is 12.6. The minimum Gasteiger partial charge on any atom is -0.508 e. The first kappa shape index (κ1) is 25.8. The average Bonchev–Trinajstić information content (AvgIpc) is 2.68. The molecule has 2 aromatic rings. The van der Waals surface area contributed by atoms with Gasteiger partial charge in [-0.15, -0.1) is 11.8 Å². The quantitative estimate of drug-likeness (QED) is 0.530. The van der Waals surface area contributed by atoms with Crippen LogP contribution >= 0.6 is 23.4 Å². The Balaban J connectivity index is 0.00000141. The van der Waals surface area contributed by atoms with Crippen LogP contribution in [0.2, 0.25) is 5.02 Å². The molecule has 0 aromatic heterocycles. The summed E-state index contributed by atoms with van der Waals surface area (Å²) < 4.78 is 49.0. The lowest BCUT2D eigenvalue weighted by Crippen LogP contribution is -2.24. The predicted molar refractivity (Wildman–Crippen MR) is 106 cm³/mol. The van der Waals surface area contributed by atoms with Gasteiger partial charge in [0.05, 0.1) is 10.6 Å². The summed E-state index contributed by atoms with van der Waals surface area (Å²) in [6.07, 6.45) is -4.39. The molecule has 0 heterocycles. The molecule has 0 amide bonds. The number of hydrogen-bond donors (Lipinski definition) is 1. The van der Waals surface area contributed by atoms with Gasteiger partial charge in [-0.25, -0.2) is 0 Å². The Kier molecular flexibility index (Phi) is 10.8. The molecule has 2 aromatic carbocycles. The van der Waals surface area contributed by atoms with Crippen LogP contribution in [0, 0.1) is 6.92 Å². The molecule has 0 aliphatic rings. The van der Waals surface area contributed by atoms with Crippen molar-refractivity contribution in [3.63, 3.8) is 0 Å². The van der Waals surface area contributed by atoms with E-state index in [4.69, 9.17) is 30.7 Å². The van der Waals surface area contributed by atoms with Gasteiger partial charge in [-0.3, -0.25) is 0 Å². The van der Waals surface area contributed by atoms with Crippen molar-refractivity contribution in [2.45, 2.75) is 31.0 Å². The van der Waals surface area contributed by atoms with E-state index >= 15 is 0 Å². The van der Waals surface area contributed by atoms with Crippen LogP contribution in [0.1, 0.15) is 18.1 Å². The van der Waals surface area contributed by atoms with E-state index in [-0.39, 0.29) is 24.6 Å². The van der Waals surface area contributed by atoms with Crippen LogP contribution in [0.25, 0.3) is 0 Å². The zero-order valence-electron chi connectivity index (χ0n) is 16.2. The molecule has 0 bridgehead atoms. The van der Waals surface area contributed by atoms with E-state index in [2.05, 4.69) is 0 Å². The first-order chi connectivity index (χ1) is 14.1. The molecule has 1 N–H and O–H groups in total. The van der Waals surface area contributed by atoms with Gasteiger partial charge >= 0.3 is 12.3 Å². The monoisotopic (exact) mass is 464 g/mol. The maximum Gasteiger partial charge on any atom is 0.416 e. The zero-order valence-corrected chi connectivity index (χ0v) is 17.7. The van der Waals surface area contributed by atoms with E-state index in [0.717, 1.165) is 22.6 Å². The van der Waals surface area contributed by atoms with Gasteiger partial charge in [0.25, 0.3) is 0 Å². The number of aromatic hydroxyl groups is 1. The molecule has 164 valence electrons. The Morgan fingerprint density at radius 3 is 2.33 bits per heavy atom. The first-order valence-electron chi connectivity index (χ1n) is 8.65. The van der Waals surface area contributed by atoms with Gasteiger partial charge in [0.15, 0.2) is 0 Å². The summed E-state index contributed by atoms with van der Waals surface area (Å²) in [4.78, 5) is 17.1. The molecule has 0 saturated carbocycles. The van der Waals surface area contributed by atoms with Crippen LogP contribution in [0.15, 0.2) is 41.3 Å². The summed E-state index contributed by atoms with van der Waals surface area (Å²) in [5, 5.41) is 10.1. The minimum atomic E-state index is -4.37. The third-order valence-electron chi connectivity index (χ3n) is 3.70. The number of benzene rings is 2. The van der Waals surface area contributed by atoms with Crippen molar-refractivity contribution in [2.75, 3.05) is 19.0 Å². The molecule has 5 nitrogen and oxygen atoms in total. The standard InChI is InChI=1S/C19H20ClF3O3S.CO2/c1-3-25-15(11-27-18-8-12(2)17(24)9-16(18)20)10-26-14-6-4-13(5-7-14)19(21,22)23;2-1-3/h4-9,15,24H,3,10-11H2,1-2H3;. The fourth-order valence-corrected chi connectivity index (χ4v) is 3.58. The van der Waals surface area contributed by atoms with Crippen LogP contribution in [-0.2, 0) is 20.5 Å². The lowest BCUT2D eigenvalue weighted by Gasteiger charge is -2.18. The summed E-state index contributed by atoms with van der Waals surface area (Å²) in [5.41, 5.74) is -0.0000278. The van der Waals surface area contributed by atoms with Crippen LogP contribution in [0.5, 0.6) is 11.5 Å². The third-order valence-corrected chi connectivity index (χ3v) is 5.31. The molecule has 0 aliphatic heterocycles. The second-order valence-electron chi connectivity index (χ2n) is 5.87. The molecule has 0 saturated heterocycles. The van der Waals surface area contributed by atoms with Crippen molar-refractivity contribution in [3.05, 3.63) is 52.5 Å². The summed E-state index contributed by atoms with van der Waals surface area (Å²) >= 11 is 7.60. The summed E-state index contributed by atoms with van der Waals surface area (Å²) in [6, 6.07) is 7.84. The highest BCUT2D eigenvalue weighted by Crippen LogP contribution is 2.33. The largest absolute Gasteiger partial charge is 0.508 e. The van der Waals surface area contributed by atoms with Crippen molar-refractivity contribution in [1.29, 1.82) is 0 Å². The molecule has 10 heteroatoms. The summed E-state index contributed by atoms with van der Waals surface area (Å²) in [5.74, 6) is 1.02. The molecule has 1 atom stereocenters. The lowest BCUT2D eigenvalue weighted by molar-refractivity contribution is -0.191. The number of aryl methyl sites for hydroxylation is 1. The van der Waals surface area contributed by atoms with Crippen LogP contribution in [0.3, 0.4) is 0 Å². The summed E-state index contributed by atoms with van der Waals surface area (Å²) in [7, 11) is 0. The first-order valence-corrected chi connectivity index (χ1v) is 10.0. The number of halogens is 4. The minimum absolute atomic E-state index is 0.136. The second-order valence-corrected chi connectivity index (χ2v) is 7.34. The van der Waals surface area contributed by atoms with Gasteiger partial charge in [0, 0.05) is 17.3 Å². The number of ether oxygens (including phenoxy) is 2. The van der Waals surface area contributed by atoms with Gasteiger partial charge in [0.2, 0.25) is 0 Å². The molecule has 0 spiro atoms. The fraction of sp³-hybridized carbons (Fsp3) is 0.350. The predicted octanol–water partition coefficient (Wildman–Crippen LogP) is 5.37. The van der Waals surface area contributed by atoms with E-state index in [1.807, 2.05) is 6.92 Å². The molecule has 0 fully saturated rings. The smallest absolute Gasteiger partial charge is 0.416 e. The van der Waals surface area contributed by atoms with Crippen LogP contribution < -0.4 is 4.74 Å². The van der Waals surface area contributed by atoms with Gasteiger partial charge in [0.1, 0.15) is 24.2 Å². The number of phenolic OH excluding ortho intramolecular Hbond substituents is 1. The Labute approximate surface area is 181 Å². The summed E-state index contributed by atoms with van der Waals surface area (Å²) in [6.45, 7) is 4.31. The highest BCUT2D eigenvalue weighted by atomic mass is 35.5. The van der Waals surface area contributed by atoms with E-state index in [9.17, 15) is 18.3 Å². The van der Waals surface area contributed by atoms with Gasteiger partial charge < -0.3 is 14.6 Å². The van der Waals surface area contributed by atoms with Gasteiger partial charge in [-0.2, -0.15) is 22.8 Å². The number of hydrogen-bond acceptors (Lipinski definition) is 6. The number of thioether (sulfide) groups is 1. The van der Waals surface area contributed by atoms with Crippen molar-refractivity contribution in [1.82, 2.24) is 0 Å². The molecule has 0 aliphatic carbocycles. The molecular formula is C20H20ClF3O5S. The number of phenols is 1. The maximum atomic E-state index is 12.6. The van der Waals surface area contributed by atoms with Crippen molar-refractivity contribution >= 4 is 29.5 Å². The molecule has 2 rings (SSSR count). The van der Waals surface area contributed by atoms with Gasteiger partial charge in [-0.05, 0) is 55.8 Å². The van der Waals surface area contributed by atoms with Crippen molar-refractivity contribution in [3.8, 4) is 11.5 Å². The third kappa shape index (κ3) is 8.67. The Morgan fingerprint density at radius 2 is 1.80 bits per heavy atom. The van der Waals surface area contributed by atoms with E-state index < -0.39 is 11.7 Å². The van der Waals surface area contributed by atoms with Crippen molar-refractivity contribution in [2.24, 2.45) is 0 Å². The normalized spacial score (nSPS) is 11.8. The van der Waals surface area contributed by atoms with Gasteiger partial charge in [-0.1, -0.05) is 11.6 Å². The zero-order chi connectivity index (χ0) is 22.7.